The van der Waals surface area contributed by atoms with Crippen LogP contribution in [0.1, 0.15) is 12.5 Å². The van der Waals surface area contributed by atoms with Crippen molar-refractivity contribution in [2.75, 3.05) is 11.9 Å². The van der Waals surface area contributed by atoms with E-state index in [1.165, 1.54) is 0 Å². The van der Waals surface area contributed by atoms with Gasteiger partial charge in [0.1, 0.15) is 17.7 Å². The normalized spacial score (nSPS) is 17.8. The number of anilines is 1. The molecule has 3 nitrogen and oxygen atoms in total. The molecular weight excluding hydrogens is 216 g/mol. The summed E-state index contributed by atoms with van der Waals surface area (Å²) in [6.45, 7) is 1.93. The van der Waals surface area contributed by atoms with Gasteiger partial charge in [0.25, 0.3) is 0 Å². The first-order chi connectivity index (χ1) is 7.63. The quantitative estimate of drug-likeness (QED) is 0.784. The number of fused-ring (bicyclic) bond motifs is 1. The fourth-order valence-corrected chi connectivity index (χ4v) is 1.76. The molecule has 1 heterocycles. The van der Waals surface area contributed by atoms with Gasteiger partial charge in [-0.15, -0.1) is 0 Å². The lowest BCUT2D eigenvalue weighted by Crippen LogP contribution is -2.29. The number of hydrogen-bond donors (Lipinski definition) is 1. The molecule has 1 N–H and O–H groups in total. The van der Waals surface area contributed by atoms with Crippen LogP contribution in [0.15, 0.2) is 12.1 Å². The van der Waals surface area contributed by atoms with E-state index in [9.17, 15) is 13.6 Å². The third-order valence-electron chi connectivity index (χ3n) is 2.50. The number of hydrogen-bond acceptors (Lipinski definition) is 3. The molecule has 0 radical (unpaired) electrons. The first kappa shape index (κ1) is 10.9. The predicted molar refractivity (Wildman–Crippen MR) is 54.1 cm³/mol. The summed E-state index contributed by atoms with van der Waals surface area (Å²) in [5.74, 6) is -1.55. The number of carbonyl (C=O) groups is 1. The van der Waals surface area contributed by atoms with Crippen LogP contribution in [0.2, 0.25) is 0 Å². The van der Waals surface area contributed by atoms with Crippen molar-refractivity contribution >= 4 is 11.7 Å². The Morgan fingerprint density at radius 1 is 1.50 bits per heavy atom. The Bertz CT molecular complexity index is 403. The Hall–Kier alpha value is -1.65. The van der Waals surface area contributed by atoms with Crippen molar-refractivity contribution in [3.63, 3.8) is 0 Å². The minimum atomic E-state index is -0.693. The van der Waals surface area contributed by atoms with Gasteiger partial charge in [-0.2, -0.15) is 0 Å². The van der Waals surface area contributed by atoms with Crippen LogP contribution in [0.5, 0.6) is 0 Å². The maximum absolute atomic E-state index is 13.3. The summed E-state index contributed by atoms with van der Waals surface area (Å²) in [7, 11) is 0. The van der Waals surface area contributed by atoms with Crippen LogP contribution >= 0.6 is 0 Å². The molecule has 0 fully saturated rings. The number of ether oxygens (including phenoxy) is 1. The molecule has 0 spiro atoms. The average molecular weight is 227 g/mol. The van der Waals surface area contributed by atoms with Crippen LogP contribution in [-0.2, 0) is 16.0 Å². The van der Waals surface area contributed by atoms with Gasteiger partial charge in [0, 0.05) is 12.0 Å². The molecule has 0 aromatic heterocycles. The largest absolute Gasteiger partial charge is 0.464 e. The zero-order chi connectivity index (χ0) is 11.7. The first-order valence-electron chi connectivity index (χ1n) is 5.03. The van der Waals surface area contributed by atoms with Gasteiger partial charge in [0.15, 0.2) is 0 Å². The van der Waals surface area contributed by atoms with Gasteiger partial charge in [-0.05, 0) is 19.1 Å². The van der Waals surface area contributed by atoms with Crippen LogP contribution in [0.25, 0.3) is 0 Å². The molecule has 0 aliphatic carbocycles. The molecule has 16 heavy (non-hydrogen) atoms. The average Bonchev–Trinajstić information content (AvgIpc) is 2.70. The highest BCUT2D eigenvalue weighted by Gasteiger charge is 2.31. The van der Waals surface area contributed by atoms with E-state index in [1.54, 1.807) is 6.92 Å². The molecule has 1 aromatic rings. The molecule has 1 aliphatic rings. The van der Waals surface area contributed by atoms with Crippen LogP contribution in [0, 0.1) is 11.6 Å². The van der Waals surface area contributed by atoms with Crippen molar-refractivity contribution in [1.82, 2.24) is 0 Å². The van der Waals surface area contributed by atoms with Crippen LogP contribution in [0.3, 0.4) is 0 Å². The Kier molecular flexibility index (Phi) is 2.77. The molecular formula is C11H11F2NO2. The second-order valence-corrected chi connectivity index (χ2v) is 3.54. The summed E-state index contributed by atoms with van der Waals surface area (Å²) < 4.78 is 31.4. The summed E-state index contributed by atoms with van der Waals surface area (Å²) >= 11 is 0. The molecule has 0 amide bonds. The Morgan fingerprint density at radius 2 is 2.19 bits per heavy atom. The first-order valence-corrected chi connectivity index (χ1v) is 5.03. The highest BCUT2D eigenvalue weighted by molar-refractivity contribution is 5.83. The molecule has 86 valence electrons. The molecule has 0 saturated carbocycles. The van der Waals surface area contributed by atoms with Gasteiger partial charge in [0.05, 0.1) is 12.3 Å². The third-order valence-corrected chi connectivity index (χ3v) is 2.50. The second kappa shape index (κ2) is 4.08. The van der Waals surface area contributed by atoms with Gasteiger partial charge in [-0.1, -0.05) is 0 Å². The molecule has 2 rings (SSSR count). The summed E-state index contributed by atoms with van der Waals surface area (Å²) in [4.78, 5) is 11.4. The van der Waals surface area contributed by atoms with Crippen molar-refractivity contribution in [3.05, 3.63) is 29.3 Å². The van der Waals surface area contributed by atoms with Crippen molar-refractivity contribution in [2.45, 2.75) is 19.4 Å². The monoisotopic (exact) mass is 227 g/mol. The standard InChI is InChI=1S/C11H11F2NO2/c1-2-16-11(15)9-5-6-7(12)3-4-8(13)10(6)14-9/h3-4,9,14H,2,5H2,1H3. The third kappa shape index (κ3) is 1.73. The van der Waals surface area contributed by atoms with E-state index >= 15 is 0 Å². The number of benzene rings is 1. The summed E-state index contributed by atoms with van der Waals surface area (Å²) in [6.07, 6.45) is 0.123. The minimum absolute atomic E-state index is 0.0676. The number of nitrogens with one attached hydrogen (secondary N) is 1. The number of halogens is 2. The van der Waals surface area contributed by atoms with Gasteiger partial charge >= 0.3 is 5.97 Å². The smallest absolute Gasteiger partial charge is 0.328 e. The molecule has 1 aliphatic heterocycles. The van der Waals surface area contributed by atoms with Gasteiger partial charge in [-0.3, -0.25) is 0 Å². The zero-order valence-electron chi connectivity index (χ0n) is 8.72. The van der Waals surface area contributed by atoms with E-state index < -0.39 is 23.6 Å². The van der Waals surface area contributed by atoms with Crippen LogP contribution in [-0.4, -0.2) is 18.6 Å². The van der Waals surface area contributed by atoms with E-state index in [1.807, 2.05) is 0 Å². The Labute approximate surface area is 91.4 Å². The molecule has 0 bridgehead atoms. The lowest BCUT2D eigenvalue weighted by molar-refractivity contribution is -0.143. The minimum Gasteiger partial charge on any atom is -0.464 e. The maximum Gasteiger partial charge on any atom is 0.328 e. The predicted octanol–water partition coefficient (Wildman–Crippen LogP) is 1.86. The van der Waals surface area contributed by atoms with E-state index in [4.69, 9.17) is 4.74 Å². The summed E-state index contributed by atoms with van der Waals surface area (Å²) in [5.41, 5.74) is 0.274. The number of carbonyl (C=O) groups excluding carboxylic acids is 1. The Balaban J connectivity index is 2.24. The van der Waals surface area contributed by atoms with Crippen molar-refractivity contribution < 1.29 is 18.3 Å². The highest BCUT2D eigenvalue weighted by atomic mass is 19.1. The Morgan fingerprint density at radius 3 is 2.81 bits per heavy atom. The van der Waals surface area contributed by atoms with Crippen molar-refractivity contribution in [1.29, 1.82) is 0 Å². The van der Waals surface area contributed by atoms with Crippen molar-refractivity contribution in [2.24, 2.45) is 0 Å². The van der Waals surface area contributed by atoms with Crippen molar-refractivity contribution in [3.8, 4) is 0 Å². The topological polar surface area (TPSA) is 38.3 Å². The second-order valence-electron chi connectivity index (χ2n) is 3.54. The fourth-order valence-electron chi connectivity index (χ4n) is 1.76. The van der Waals surface area contributed by atoms with E-state index in [-0.39, 0.29) is 24.3 Å². The number of rotatable bonds is 2. The fraction of sp³-hybridized carbons (Fsp3) is 0.364. The molecule has 0 saturated heterocycles. The molecule has 1 unspecified atom stereocenters. The molecule has 1 aromatic carbocycles. The van der Waals surface area contributed by atoms with Gasteiger partial charge in [-0.25, -0.2) is 13.6 Å². The van der Waals surface area contributed by atoms with Crippen LogP contribution in [0.4, 0.5) is 14.5 Å². The summed E-state index contributed by atoms with van der Waals surface area (Å²) in [5, 5.41) is 2.64. The lowest BCUT2D eigenvalue weighted by atomic mass is 10.1. The lowest BCUT2D eigenvalue weighted by Gasteiger charge is -2.09. The van der Waals surface area contributed by atoms with Gasteiger partial charge in [0.2, 0.25) is 0 Å². The summed E-state index contributed by atoms with van der Waals surface area (Å²) in [6, 6.07) is 1.40. The van der Waals surface area contributed by atoms with E-state index in [0.717, 1.165) is 12.1 Å². The molecule has 1 atom stereocenters. The maximum atomic E-state index is 13.3. The van der Waals surface area contributed by atoms with E-state index in [0.29, 0.717) is 0 Å². The highest BCUT2D eigenvalue weighted by Crippen LogP contribution is 2.31. The van der Waals surface area contributed by atoms with Crippen LogP contribution < -0.4 is 5.32 Å². The van der Waals surface area contributed by atoms with Gasteiger partial charge < -0.3 is 10.1 Å². The van der Waals surface area contributed by atoms with E-state index in [2.05, 4.69) is 5.32 Å². The SMILES string of the molecule is CCOC(=O)C1Cc2c(F)ccc(F)c2N1. The zero-order valence-corrected chi connectivity index (χ0v) is 8.72. The molecule has 5 heteroatoms. The number of esters is 1.